The number of anilines is 1. The van der Waals surface area contributed by atoms with Gasteiger partial charge in [-0.05, 0) is 18.5 Å². The molecule has 0 saturated heterocycles. The topological polar surface area (TPSA) is 37.0 Å². The maximum atomic E-state index is 4.19. The third-order valence-corrected chi connectivity index (χ3v) is 3.20. The van der Waals surface area contributed by atoms with Gasteiger partial charge in [0.2, 0.25) is 0 Å². The molecule has 0 aliphatic carbocycles. The predicted octanol–water partition coefficient (Wildman–Crippen LogP) is 3.04. The first-order valence-electron chi connectivity index (χ1n) is 6.69. The van der Waals surface area contributed by atoms with E-state index in [4.69, 9.17) is 0 Å². The Morgan fingerprint density at radius 1 is 1.24 bits per heavy atom. The van der Waals surface area contributed by atoms with Gasteiger partial charge in [-0.2, -0.15) is 0 Å². The molecule has 96 valence electrons. The summed E-state index contributed by atoms with van der Waals surface area (Å²) in [6, 6.07) is 2.06. The number of nitrogens with one attached hydrogen (secondary N) is 2. The molecule has 2 N–H and O–H groups in total. The van der Waals surface area contributed by atoms with Gasteiger partial charge in [-0.25, -0.2) is 0 Å². The van der Waals surface area contributed by atoms with E-state index in [1.54, 1.807) is 0 Å². The monoisotopic (exact) mass is 235 g/mol. The molecule has 0 atom stereocenters. The fraction of sp³-hybridized carbons (Fsp3) is 0.643. The fourth-order valence-corrected chi connectivity index (χ4v) is 1.83. The molecule has 17 heavy (non-hydrogen) atoms. The molecule has 0 aliphatic heterocycles. The minimum atomic E-state index is 0.759. The van der Waals surface area contributed by atoms with Gasteiger partial charge in [0.15, 0.2) is 0 Å². The lowest BCUT2D eigenvalue weighted by atomic mass is 10.0. The van der Waals surface area contributed by atoms with Gasteiger partial charge in [-0.1, -0.05) is 33.6 Å². The van der Waals surface area contributed by atoms with Crippen LogP contribution in [0, 0.1) is 5.92 Å². The van der Waals surface area contributed by atoms with Crippen LogP contribution in [0.1, 0.15) is 39.2 Å². The van der Waals surface area contributed by atoms with Crippen molar-refractivity contribution in [1.29, 1.82) is 0 Å². The third kappa shape index (κ3) is 4.73. The van der Waals surface area contributed by atoms with Gasteiger partial charge in [0, 0.05) is 36.7 Å². The van der Waals surface area contributed by atoms with Crippen LogP contribution < -0.4 is 10.6 Å². The number of aromatic nitrogens is 1. The second-order valence-corrected chi connectivity index (χ2v) is 4.38. The average Bonchev–Trinajstić information content (AvgIpc) is 2.38. The number of rotatable bonds is 8. The Hall–Kier alpha value is -1.09. The fourth-order valence-electron chi connectivity index (χ4n) is 1.83. The molecular formula is C14H25N3. The molecule has 1 heterocycles. The first-order chi connectivity index (χ1) is 8.31. The maximum absolute atomic E-state index is 4.19. The first kappa shape index (κ1) is 14.0. The molecule has 0 unspecified atom stereocenters. The van der Waals surface area contributed by atoms with Crippen molar-refractivity contribution in [3.8, 4) is 0 Å². The van der Waals surface area contributed by atoms with Crippen LogP contribution in [0.3, 0.4) is 0 Å². The van der Waals surface area contributed by atoms with Crippen LogP contribution in [0.2, 0.25) is 0 Å². The van der Waals surface area contributed by atoms with E-state index in [1.807, 2.05) is 12.4 Å². The summed E-state index contributed by atoms with van der Waals surface area (Å²) < 4.78 is 0. The summed E-state index contributed by atoms with van der Waals surface area (Å²) in [5.41, 5.74) is 2.47. The van der Waals surface area contributed by atoms with Gasteiger partial charge in [-0.15, -0.1) is 0 Å². The Bertz CT molecular complexity index is 308. The quantitative estimate of drug-likeness (QED) is 0.727. The van der Waals surface area contributed by atoms with E-state index in [-0.39, 0.29) is 0 Å². The molecule has 1 aromatic heterocycles. The number of pyridine rings is 1. The standard InChI is InChI=1S/C14H25N3/c1-4-12(5-2)9-17-14-7-8-16-11-13(14)10-15-6-3/h7-8,11-12,15H,4-6,9-10H2,1-3H3,(H,16,17). The van der Waals surface area contributed by atoms with E-state index in [9.17, 15) is 0 Å². The molecular weight excluding hydrogens is 210 g/mol. The van der Waals surface area contributed by atoms with Gasteiger partial charge >= 0.3 is 0 Å². The van der Waals surface area contributed by atoms with E-state index in [0.29, 0.717) is 0 Å². The minimum absolute atomic E-state index is 0.759. The molecule has 0 radical (unpaired) electrons. The van der Waals surface area contributed by atoms with Crippen molar-refractivity contribution in [2.75, 3.05) is 18.4 Å². The molecule has 0 amide bonds. The highest BCUT2D eigenvalue weighted by molar-refractivity contribution is 5.49. The van der Waals surface area contributed by atoms with Crippen LogP contribution in [0.5, 0.6) is 0 Å². The molecule has 3 nitrogen and oxygen atoms in total. The molecule has 0 fully saturated rings. The summed E-state index contributed by atoms with van der Waals surface area (Å²) in [5, 5.41) is 6.88. The van der Waals surface area contributed by atoms with Crippen molar-refractivity contribution in [3.05, 3.63) is 24.0 Å². The summed E-state index contributed by atoms with van der Waals surface area (Å²) >= 11 is 0. The van der Waals surface area contributed by atoms with Gasteiger partial charge in [0.25, 0.3) is 0 Å². The van der Waals surface area contributed by atoms with E-state index in [0.717, 1.165) is 25.6 Å². The SMILES string of the molecule is CCNCc1cnccc1NCC(CC)CC. The predicted molar refractivity (Wildman–Crippen MR) is 74.2 cm³/mol. The smallest absolute Gasteiger partial charge is 0.0416 e. The second-order valence-electron chi connectivity index (χ2n) is 4.38. The van der Waals surface area contributed by atoms with Crippen LogP contribution in [0.15, 0.2) is 18.5 Å². The minimum Gasteiger partial charge on any atom is -0.384 e. The van der Waals surface area contributed by atoms with Crippen molar-refractivity contribution in [1.82, 2.24) is 10.3 Å². The van der Waals surface area contributed by atoms with E-state index in [1.165, 1.54) is 24.1 Å². The van der Waals surface area contributed by atoms with Gasteiger partial charge in [-0.3, -0.25) is 4.98 Å². The van der Waals surface area contributed by atoms with Crippen molar-refractivity contribution in [2.45, 2.75) is 40.2 Å². The van der Waals surface area contributed by atoms with E-state index >= 15 is 0 Å². The Morgan fingerprint density at radius 3 is 2.65 bits per heavy atom. The zero-order chi connectivity index (χ0) is 12.5. The lowest BCUT2D eigenvalue weighted by Crippen LogP contribution is -2.17. The molecule has 0 spiro atoms. The zero-order valence-corrected chi connectivity index (χ0v) is 11.3. The van der Waals surface area contributed by atoms with Crippen molar-refractivity contribution in [2.24, 2.45) is 5.92 Å². The van der Waals surface area contributed by atoms with Crippen LogP contribution in [0.4, 0.5) is 5.69 Å². The second kappa shape index (κ2) is 8.07. The first-order valence-corrected chi connectivity index (χ1v) is 6.69. The summed E-state index contributed by atoms with van der Waals surface area (Å²) in [6.45, 7) is 9.55. The lowest BCUT2D eigenvalue weighted by Gasteiger charge is -2.16. The number of hydrogen-bond acceptors (Lipinski definition) is 3. The number of nitrogens with zero attached hydrogens (tertiary/aromatic N) is 1. The van der Waals surface area contributed by atoms with Crippen molar-refractivity contribution < 1.29 is 0 Å². The lowest BCUT2D eigenvalue weighted by molar-refractivity contribution is 0.519. The average molecular weight is 235 g/mol. The normalized spacial score (nSPS) is 10.8. The summed E-state index contributed by atoms with van der Waals surface area (Å²) in [4.78, 5) is 4.19. The van der Waals surface area contributed by atoms with Gasteiger partial charge < -0.3 is 10.6 Å². The molecule has 1 aromatic rings. The highest BCUT2D eigenvalue weighted by Crippen LogP contribution is 2.15. The maximum Gasteiger partial charge on any atom is 0.0416 e. The largest absolute Gasteiger partial charge is 0.384 e. The summed E-state index contributed by atoms with van der Waals surface area (Å²) in [6.07, 6.45) is 6.26. The van der Waals surface area contributed by atoms with E-state index in [2.05, 4.69) is 42.5 Å². The zero-order valence-electron chi connectivity index (χ0n) is 11.3. The van der Waals surface area contributed by atoms with Gasteiger partial charge in [0.1, 0.15) is 0 Å². The van der Waals surface area contributed by atoms with Crippen LogP contribution >= 0.6 is 0 Å². The van der Waals surface area contributed by atoms with Crippen LogP contribution in [-0.4, -0.2) is 18.1 Å². The third-order valence-electron chi connectivity index (χ3n) is 3.20. The summed E-state index contributed by atoms with van der Waals surface area (Å²) in [7, 11) is 0. The molecule has 0 aliphatic rings. The van der Waals surface area contributed by atoms with Crippen molar-refractivity contribution >= 4 is 5.69 Å². The van der Waals surface area contributed by atoms with E-state index < -0.39 is 0 Å². The Morgan fingerprint density at radius 2 is 2.00 bits per heavy atom. The Kier molecular flexibility index (Phi) is 6.63. The molecule has 0 saturated carbocycles. The van der Waals surface area contributed by atoms with Crippen LogP contribution in [-0.2, 0) is 6.54 Å². The van der Waals surface area contributed by atoms with Crippen molar-refractivity contribution in [3.63, 3.8) is 0 Å². The molecule has 3 heteroatoms. The van der Waals surface area contributed by atoms with Crippen LogP contribution in [0.25, 0.3) is 0 Å². The Labute approximate surface area is 105 Å². The van der Waals surface area contributed by atoms with Gasteiger partial charge in [0.05, 0.1) is 0 Å². The molecule has 0 bridgehead atoms. The summed E-state index contributed by atoms with van der Waals surface area (Å²) in [5.74, 6) is 0.759. The highest BCUT2D eigenvalue weighted by Gasteiger charge is 2.05. The molecule has 1 rings (SSSR count). The Balaban J connectivity index is 2.56. The molecule has 0 aromatic carbocycles. The highest BCUT2D eigenvalue weighted by atomic mass is 14.9. The number of hydrogen-bond donors (Lipinski definition) is 2.